The van der Waals surface area contributed by atoms with E-state index in [-0.39, 0.29) is 11.8 Å². The molecule has 0 aromatic rings. The van der Waals surface area contributed by atoms with Gasteiger partial charge in [-0.2, -0.15) is 0 Å². The van der Waals surface area contributed by atoms with Crippen LogP contribution in [0.1, 0.15) is 33.1 Å². The van der Waals surface area contributed by atoms with Gasteiger partial charge < -0.3 is 10.1 Å². The van der Waals surface area contributed by atoms with Gasteiger partial charge in [0.05, 0.1) is 12.4 Å². The zero-order valence-electron chi connectivity index (χ0n) is 11.4. The summed E-state index contributed by atoms with van der Waals surface area (Å²) in [5.74, 6) is 0.777. The first kappa shape index (κ1) is 15.9. The monoisotopic (exact) mass is 278 g/mol. The van der Waals surface area contributed by atoms with Crippen LogP contribution < -0.4 is 10.0 Å². The third-order valence-corrected chi connectivity index (χ3v) is 4.74. The minimum atomic E-state index is -3.16. The van der Waals surface area contributed by atoms with Gasteiger partial charge in [0.25, 0.3) is 0 Å². The average molecular weight is 278 g/mol. The minimum Gasteiger partial charge on any atom is -0.380 e. The molecule has 0 amide bonds. The number of hydrogen-bond acceptors (Lipinski definition) is 4. The molecule has 0 aromatic heterocycles. The van der Waals surface area contributed by atoms with E-state index < -0.39 is 10.0 Å². The van der Waals surface area contributed by atoms with Gasteiger partial charge in [-0.15, -0.1) is 0 Å². The molecule has 1 aliphatic rings. The van der Waals surface area contributed by atoms with Crippen LogP contribution in [0.4, 0.5) is 0 Å². The van der Waals surface area contributed by atoms with Crippen molar-refractivity contribution >= 4 is 10.0 Å². The van der Waals surface area contributed by atoms with Gasteiger partial charge in [-0.1, -0.05) is 0 Å². The first-order valence-electron chi connectivity index (χ1n) is 6.82. The Hall–Kier alpha value is -0.170. The highest BCUT2D eigenvalue weighted by molar-refractivity contribution is 7.89. The quantitative estimate of drug-likeness (QED) is 0.686. The Morgan fingerprint density at radius 3 is 2.67 bits per heavy atom. The van der Waals surface area contributed by atoms with Crippen LogP contribution in [0.5, 0.6) is 0 Å². The van der Waals surface area contributed by atoms with Crippen LogP contribution in [0.3, 0.4) is 0 Å². The Labute approximate surface area is 111 Å². The molecule has 18 heavy (non-hydrogen) atoms. The van der Waals surface area contributed by atoms with Crippen LogP contribution in [0, 0.1) is 5.92 Å². The van der Waals surface area contributed by atoms with Gasteiger partial charge in [-0.3, -0.25) is 0 Å². The van der Waals surface area contributed by atoms with Crippen molar-refractivity contribution in [1.82, 2.24) is 10.0 Å². The number of piperidine rings is 1. The largest absolute Gasteiger partial charge is 0.380 e. The number of sulfonamides is 1. The van der Waals surface area contributed by atoms with Crippen LogP contribution >= 0.6 is 0 Å². The van der Waals surface area contributed by atoms with Crippen LogP contribution in [0.15, 0.2) is 0 Å². The average Bonchev–Trinajstić information content (AvgIpc) is 2.35. The Morgan fingerprint density at radius 1 is 1.39 bits per heavy atom. The Balaban J connectivity index is 2.25. The summed E-state index contributed by atoms with van der Waals surface area (Å²) in [6.07, 6.45) is 2.94. The van der Waals surface area contributed by atoms with E-state index in [0.717, 1.165) is 32.4 Å². The second-order valence-corrected chi connectivity index (χ2v) is 6.85. The highest BCUT2D eigenvalue weighted by atomic mass is 32.2. The summed E-state index contributed by atoms with van der Waals surface area (Å²) in [5.41, 5.74) is 0. The molecule has 1 aliphatic heterocycles. The summed E-state index contributed by atoms with van der Waals surface area (Å²) in [6.45, 7) is 6.80. The first-order valence-corrected chi connectivity index (χ1v) is 8.47. The molecule has 0 aromatic carbocycles. The molecule has 2 N–H and O–H groups in total. The maximum atomic E-state index is 11.9. The van der Waals surface area contributed by atoms with E-state index in [0.29, 0.717) is 19.1 Å². The van der Waals surface area contributed by atoms with Crippen molar-refractivity contribution in [3.63, 3.8) is 0 Å². The molecule has 1 unspecified atom stereocenters. The minimum absolute atomic E-state index is 0.150. The molecule has 5 nitrogen and oxygen atoms in total. The smallest absolute Gasteiger partial charge is 0.211 e. The first-order chi connectivity index (χ1) is 8.53. The second kappa shape index (κ2) is 8.09. The van der Waals surface area contributed by atoms with Crippen molar-refractivity contribution in [2.24, 2.45) is 5.92 Å². The van der Waals surface area contributed by atoms with E-state index in [4.69, 9.17) is 4.74 Å². The summed E-state index contributed by atoms with van der Waals surface area (Å²) in [4.78, 5) is 0. The van der Waals surface area contributed by atoms with Crippen molar-refractivity contribution < 1.29 is 13.2 Å². The lowest BCUT2D eigenvalue weighted by Crippen LogP contribution is -2.38. The van der Waals surface area contributed by atoms with Gasteiger partial charge in [0.1, 0.15) is 0 Å². The lowest BCUT2D eigenvalue weighted by atomic mass is 9.96. The standard InChI is InChI=1S/C12H26N2O3S/c1-3-17-10-11(2)14-18(15,16)9-6-12-4-7-13-8-5-12/h11-14H,3-10H2,1-2H3. The van der Waals surface area contributed by atoms with Gasteiger partial charge >= 0.3 is 0 Å². The molecule has 0 bridgehead atoms. The van der Waals surface area contributed by atoms with Crippen LogP contribution in [0.2, 0.25) is 0 Å². The second-order valence-electron chi connectivity index (χ2n) is 4.98. The third kappa shape index (κ3) is 6.68. The van der Waals surface area contributed by atoms with Gasteiger partial charge in [-0.25, -0.2) is 13.1 Å². The van der Waals surface area contributed by atoms with Crippen molar-refractivity contribution in [1.29, 1.82) is 0 Å². The maximum Gasteiger partial charge on any atom is 0.211 e. The molecule has 0 aliphatic carbocycles. The molecule has 1 saturated heterocycles. The lowest BCUT2D eigenvalue weighted by molar-refractivity contribution is 0.133. The third-order valence-electron chi connectivity index (χ3n) is 3.21. The predicted octanol–water partition coefficient (Wildman–Crippen LogP) is 0.721. The zero-order chi connectivity index (χ0) is 13.4. The molecule has 1 atom stereocenters. The SMILES string of the molecule is CCOCC(C)NS(=O)(=O)CCC1CCNCC1. The Morgan fingerprint density at radius 2 is 2.06 bits per heavy atom. The topological polar surface area (TPSA) is 67.4 Å². The van der Waals surface area contributed by atoms with E-state index >= 15 is 0 Å². The van der Waals surface area contributed by atoms with E-state index in [1.54, 1.807) is 0 Å². The van der Waals surface area contributed by atoms with Gasteiger partial charge in [0, 0.05) is 12.6 Å². The molecule has 108 valence electrons. The number of rotatable bonds is 8. The fourth-order valence-corrected chi connectivity index (χ4v) is 3.63. The van der Waals surface area contributed by atoms with E-state index in [1.165, 1.54) is 0 Å². The van der Waals surface area contributed by atoms with Gasteiger partial charge in [-0.05, 0) is 52.1 Å². The van der Waals surface area contributed by atoms with Gasteiger partial charge in [0.15, 0.2) is 0 Å². The summed E-state index contributed by atoms with van der Waals surface area (Å²) in [6, 6.07) is -0.150. The van der Waals surface area contributed by atoms with Crippen molar-refractivity contribution in [2.75, 3.05) is 32.1 Å². The van der Waals surface area contributed by atoms with E-state index in [9.17, 15) is 8.42 Å². The normalized spacial score (nSPS) is 19.9. The highest BCUT2D eigenvalue weighted by Crippen LogP contribution is 2.16. The summed E-state index contributed by atoms with van der Waals surface area (Å²) >= 11 is 0. The molecular weight excluding hydrogens is 252 g/mol. The van der Waals surface area contributed by atoms with Crippen molar-refractivity contribution in [3.05, 3.63) is 0 Å². The molecule has 0 saturated carbocycles. The fraction of sp³-hybridized carbons (Fsp3) is 1.00. The molecule has 6 heteroatoms. The Bertz CT molecular complexity index is 313. The van der Waals surface area contributed by atoms with Gasteiger partial charge in [0.2, 0.25) is 10.0 Å². The summed E-state index contributed by atoms with van der Waals surface area (Å²) < 4.78 is 31.6. The molecule has 1 rings (SSSR count). The predicted molar refractivity (Wildman–Crippen MR) is 73.1 cm³/mol. The Kier molecular flexibility index (Phi) is 7.14. The number of ether oxygens (including phenoxy) is 1. The maximum absolute atomic E-state index is 11.9. The number of nitrogens with one attached hydrogen (secondary N) is 2. The highest BCUT2D eigenvalue weighted by Gasteiger charge is 2.19. The van der Waals surface area contributed by atoms with E-state index in [1.807, 2.05) is 13.8 Å². The van der Waals surface area contributed by atoms with Crippen molar-refractivity contribution in [2.45, 2.75) is 39.2 Å². The molecule has 0 radical (unpaired) electrons. The fourth-order valence-electron chi connectivity index (χ4n) is 2.19. The molecular formula is C12H26N2O3S. The number of hydrogen-bond donors (Lipinski definition) is 2. The summed E-state index contributed by atoms with van der Waals surface area (Å²) in [5, 5.41) is 3.29. The van der Waals surface area contributed by atoms with Crippen LogP contribution in [0.25, 0.3) is 0 Å². The molecule has 1 heterocycles. The lowest BCUT2D eigenvalue weighted by Gasteiger charge is -2.22. The molecule has 0 spiro atoms. The van der Waals surface area contributed by atoms with Crippen LogP contribution in [-0.2, 0) is 14.8 Å². The zero-order valence-corrected chi connectivity index (χ0v) is 12.3. The van der Waals surface area contributed by atoms with Crippen molar-refractivity contribution in [3.8, 4) is 0 Å². The molecule has 1 fully saturated rings. The van der Waals surface area contributed by atoms with Crippen LogP contribution in [-0.4, -0.2) is 46.5 Å². The summed E-state index contributed by atoms with van der Waals surface area (Å²) in [7, 11) is -3.16. The van der Waals surface area contributed by atoms with E-state index in [2.05, 4.69) is 10.0 Å².